The maximum Gasteiger partial charge on any atom is 0.128 e. The van der Waals surface area contributed by atoms with E-state index in [4.69, 9.17) is 19.2 Å². The molecule has 0 aliphatic carbocycles. The van der Waals surface area contributed by atoms with Crippen LogP contribution in [0.25, 0.3) is 10.9 Å². The Labute approximate surface area is 218 Å². The van der Waals surface area contributed by atoms with Gasteiger partial charge in [0.1, 0.15) is 17.6 Å². The number of aryl methyl sites for hydroxylation is 1. The summed E-state index contributed by atoms with van der Waals surface area (Å²) in [5, 5.41) is 1.13. The van der Waals surface area contributed by atoms with Gasteiger partial charge in [-0.3, -0.25) is 4.98 Å². The molecule has 2 aliphatic rings. The highest BCUT2D eigenvalue weighted by Crippen LogP contribution is 2.41. The summed E-state index contributed by atoms with van der Waals surface area (Å²) in [6.07, 6.45) is 1.89. The van der Waals surface area contributed by atoms with Crippen LogP contribution in [0.5, 0.6) is 11.5 Å². The van der Waals surface area contributed by atoms with Crippen molar-refractivity contribution in [1.29, 1.82) is 0 Å². The molecule has 5 nitrogen and oxygen atoms in total. The molecule has 6 rings (SSSR count). The van der Waals surface area contributed by atoms with E-state index in [1.54, 1.807) is 0 Å². The molecule has 0 saturated carbocycles. The number of benzene rings is 3. The van der Waals surface area contributed by atoms with E-state index in [0.29, 0.717) is 19.8 Å². The first-order valence-corrected chi connectivity index (χ1v) is 12.4. The lowest BCUT2D eigenvalue weighted by molar-refractivity contribution is -0.0974. The van der Waals surface area contributed by atoms with Crippen molar-refractivity contribution in [2.45, 2.75) is 31.9 Å². The molecule has 6 heteroatoms. The normalized spacial score (nSPS) is 17.9. The highest BCUT2D eigenvalue weighted by atomic mass is 35.5. The Morgan fingerprint density at radius 2 is 1.75 bits per heavy atom. The van der Waals surface area contributed by atoms with Crippen molar-refractivity contribution in [2.75, 3.05) is 31.3 Å². The number of halogens is 1. The van der Waals surface area contributed by atoms with Gasteiger partial charge in [0.05, 0.1) is 37.1 Å². The minimum atomic E-state index is 0. The fraction of sp³-hybridized carbons (Fsp3) is 0.300. The summed E-state index contributed by atoms with van der Waals surface area (Å²) >= 11 is 0. The van der Waals surface area contributed by atoms with Gasteiger partial charge in [-0.25, -0.2) is 0 Å². The Morgan fingerprint density at radius 3 is 2.50 bits per heavy atom. The van der Waals surface area contributed by atoms with Gasteiger partial charge in [0.25, 0.3) is 0 Å². The Hall–Kier alpha value is -3.12. The number of nitrogens with zero attached hydrogens (tertiary/aromatic N) is 2. The van der Waals surface area contributed by atoms with Crippen molar-refractivity contribution in [3.8, 4) is 11.5 Å². The first-order chi connectivity index (χ1) is 17.3. The van der Waals surface area contributed by atoms with Crippen LogP contribution in [0.3, 0.4) is 0 Å². The Bertz CT molecular complexity index is 1310. The molecule has 1 aromatic heterocycles. The van der Waals surface area contributed by atoms with Gasteiger partial charge in [-0.1, -0.05) is 48.5 Å². The van der Waals surface area contributed by atoms with Crippen molar-refractivity contribution in [2.24, 2.45) is 0 Å². The highest BCUT2D eigenvalue weighted by molar-refractivity contribution is 5.96. The molecule has 186 valence electrons. The van der Waals surface area contributed by atoms with Gasteiger partial charge in [-0.15, -0.1) is 12.4 Å². The van der Waals surface area contributed by atoms with Crippen LogP contribution in [-0.2, 0) is 22.3 Å². The maximum atomic E-state index is 6.28. The summed E-state index contributed by atoms with van der Waals surface area (Å²) in [5.74, 6) is 1.65. The van der Waals surface area contributed by atoms with Crippen LogP contribution in [0.2, 0.25) is 0 Å². The zero-order valence-corrected chi connectivity index (χ0v) is 21.2. The van der Waals surface area contributed by atoms with Gasteiger partial charge in [-0.05, 0) is 61.2 Å². The zero-order chi connectivity index (χ0) is 23.6. The predicted octanol–water partition coefficient (Wildman–Crippen LogP) is 6.15. The van der Waals surface area contributed by atoms with Crippen molar-refractivity contribution in [3.63, 3.8) is 0 Å². The highest BCUT2D eigenvalue weighted by Gasteiger charge is 2.36. The quantitative estimate of drug-likeness (QED) is 0.316. The first kappa shape index (κ1) is 24.6. The molecule has 1 saturated heterocycles. The SMILES string of the molecule is Cc1nc2ccc(Oc3ccccc3)cc2c2c1CCN2C(Cc1ccccc1)C1COCCO1.Cl. The van der Waals surface area contributed by atoms with E-state index in [-0.39, 0.29) is 24.6 Å². The zero-order valence-electron chi connectivity index (χ0n) is 20.4. The van der Waals surface area contributed by atoms with Crippen molar-refractivity contribution >= 4 is 29.0 Å². The van der Waals surface area contributed by atoms with Crippen LogP contribution in [-0.4, -0.2) is 43.5 Å². The van der Waals surface area contributed by atoms with Gasteiger partial charge < -0.3 is 19.1 Å². The molecule has 2 atom stereocenters. The number of rotatable bonds is 6. The van der Waals surface area contributed by atoms with E-state index < -0.39 is 0 Å². The lowest BCUT2D eigenvalue weighted by atomic mass is 9.98. The molecule has 0 N–H and O–H groups in total. The Morgan fingerprint density at radius 1 is 0.972 bits per heavy atom. The monoisotopic (exact) mass is 502 g/mol. The molecule has 4 aromatic rings. The summed E-state index contributed by atoms with van der Waals surface area (Å²) in [5.41, 5.74) is 5.99. The third-order valence-electron chi connectivity index (χ3n) is 7.06. The second-order valence-electron chi connectivity index (χ2n) is 9.30. The summed E-state index contributed by atoms with van der Waals surface area (Å²) in [4.78, 5) is 7.49. The van der Waals surface area contributed by atoms with E-state index in [1.807, 2.05) is 36.4 Å². The first-order valence-electron chi connectivity index (χ1n) is 12.4. The van der Waals surface area contributed by atoms with E-state index in [9.17, 15) is 0 Å². The average molecular weight is 503 g/mol. The molecule has 0 spiro atoms. The smallest absolute Gasteiger partial charge is 0.128 e. The third kappa shape index (κ3) is 4.92. The summed E-state index contributed by atoms with van der Waals surface area (Å²) in [6.45, 7) is 4.99. The number of pyridine rings is 1. The molecule has 2 unspecified atom stereocenters. The number of aromatic nitrogens is 1. The number of hydrogen-bond acceptors (Lipinski definition) is 5. The lowest BCUT2D eigenvalue weighted by Gasteiger charge is -2.38. The minimum absolute atomic E-state index is 0. The van der Waals surface area contributed by atoms with Gasteiger partial charge in [0, 0.05) is 17.6 Å². The van der Waals surface area contributed by atoms with E-state index >= 15 is 0 Å². The summed E-state index contributed by atoms with van der Waals surface area (Å²) in [6, 6.07) is 27.0. The van der Waals surface area contributed by atoms with Crippen LogP contribution >= 0.6 is 12.4 Å². The van der Waals surface area contributed by atoms with Crippen LogP contribution in [0.1, 0.15) is 16.8 Å². The number of fused-ring (bicyclic) bond motifs is 3. The maximum absolute atomic E-state index is 6.28. The van der Waals surface area contributed by atoms with Crippen molar-refractivity contribution in [1.82, 2.24) is 4.98 Å². The topological polar surface area (TPSA) is 43.8 Å². The van der Waals surface area contributed by atoms with Crippen molar-refractivity contribution in [3.05, 3.63) is 95.7 Å². The Kier molecular flexibility index (Phi) is 7.42. The fourth-order valence-corrected chi connectivity index (χ4v) is 5.40. The lowest BCUT2D eigenvalue weighted by Crippen LogP contribution is -2.50. The van der Waals surface area contributed by atoms with Gasteiger partial charge in [0.2, 0.25) is 0 Å². The summed E-state index contributed by atoms with van der Waals surface area (Å²) < 4.78 is 18.3. The van der Waals surface area contributed by atoms with E-state index in [0.717, 1.165) is 47.5 Å². The standard InChI is InChI=1S/C30H30N2O3.ClH/c1-21-25-14-15-32(28(29-20-33-16-17-34-29)18-22-8-4-2-5-9-22)30(25)26-19-24(12-13-27(26)31-21)35-23-10-6-3-7-11-23;/h2-13,19,28-29H,14-18,20H2,1H3;1H. The summed E-state index contributed by atoms with van der Waals surface area (Å²) in [7, 11) is 0. The number of ether oxygens (including phenoxy) is 3. The van der Waals surface area contributed by atoms with E-state index in [1.165, 1.54) is 16.8 Å². The van der Waals surface area contributed by atoms with Crippen LogP contribution in [0, 0.1) is 6.92 Å². The van der Waals surface area contributed by atoms with Gasteiger partial charge in [0.15, 0.2) is 0 Å². The van der Waals surface area contributed by atoms with Crippen LogP contribution in [0.4, 0.5) is 5.69 Å². The molecular weight excluding hydrogens is 472 g/mol. The second-order valence-corrected chi connectivity index (χ2v) is 9.30. The minimum Gasteiger partial charge on any atom is -0.457 e. The van der Waals surface area contributed by atoms with E-state index in [2.05, 4.69) is 54.3 Å². The fourth-order valence-electron chi connectivity index (χ4n) is 5.40. The molecular formula is C30H31ClN2O3. The molecule has 0 bridgehead atoms. The molecule has 36 heavy (non-hydrogen) atoms. The average Bonchev–Trinajstić information content (AvgIpc) is 3.35. The largest absolute Gasteiger partial charge is 0.457 e. The van der Waals surface area contributed by atoms with Crippen LogP contribution in [0.15, 0.2) is 78.9 Å². The number of anilines is 1. The second kappa shape index (κ2) is 10.9. The Balaban J connectivity index is 0.00000267. The van der Waals surface area contributed by atoms with Gasteiger partial charge in [-0.2, -0.15) is 0 Å². The predicted molar refractivity (Wildman–Crippen MR) is 146 cm³/mol. The number of hydrogen-bond donors (Lipinski definition) is 0. The molecule has 1 fully saturated rings. The molecule has 0 amide bonds. The van der Waals surface area contributed by atoms with Crippen LogP contribution < -0.4 is 9.64 Å². The van der Waals surface area contributed by atoms with Gasteiger partial charge >= 0.3 is 0 Å². The molecule has 2 aliphatic heterocycles. The molecule has 0 radical (unpaired) electrons. The number of para-hydroxylation sites is 1. The third-order valence-corrected chi connectivity index (χ3v) is 7.06. The molecule has 3 heterocycles. The van der Waals surface area contributed by atoms with Crippen molar-refractivity contribution < 1.29 is 14.2 Å². The molecule has 3 aromatic carbocycles.